The maximum atomic E-state index is 12.1. The number of carbonyl (C=O) groups is 1. The zero-order chi connectivity index (χ0) is 18.2. The molecular weight excluding hydrogens is 342 g/mol. The van der Waals surface area contributed by atoms with E-state index in [0.29, 0.717) is 16.3 Å². The number of methoxy groups -OCH3 is 1. The van der Waals surface area contributed by atoms with Gasteiger partial charge in [0.2, 0.25) is 0 Å². The molecule has 0 aromatic heterocycles. The van der Waals surface area contributed by atoms with Gasteiger partial charge in [0.25, 0.3) is 5.91 Å². The van der Waals surface area contributed by atoms with E-state index < -0.39 is 12.7 Å². The van der Waals surface area contributed by atoms with Crippen LogP contribution in [0.3, 0.4) is 0 Å². The van der Waals surface area contributed by atoms with Gasteiger partial charge in [-0.1, -0.05) is 35.9 Å². The zero-order valence-electron chi connectivity index (χ0n) is 13.8. The van der Waals surface area contributed by atoms with Crippen molar-refractivity contribution in [2.24, 2.45) is 0 Å². The van der Waals surface area contributed by atoms with Crippen LogP contribution in [0.5, 0.6) is 5.75 Å². The quantitative estimate of drug-likeness (QED) is 0.662. The van der Waals surface area contributed by atoms with Gasteiger partial charge in [-0.3, -0.25) is 4.79 Å². The molecule has 0 radical (unpaired) electrons. The van der Waals surface area contributed by atoms with Gasteiger partial charge in [-0.2, -0.15) is 0 Å². The van der Waals surface area contributed by atoms with Crippen molar-refractivity contribution in [2.75, 3.05) is 20.3 Å². The van der Waals surface area contributed by atoms with Crippen molar-refractivity contribution < 1.29 is 19.7 Å². The third-order valence-electron chi connectivity index (χ3n) is 3.53. The fraction of sp³-hybridized carbons (Fsp3) is 0.211. The second-order valence-corrected chi connectivity index (χ2v) is 5.82. The third-order valence-corrected chi connectivity index (χ3v) is 3.78. The molecule has 25 heavy (non-hydrogen) atoms. The first-order valence-corrected chi connectivity index (χ1v) is 8.10. The first-order valence-electron chi connectivity index (χ1n) is 7.72. The predicted molar refractivity (Wildman–Crippen MR) is 98.8 cm³/mol. The fourth-order valence-corrected chi connectivity index (χ4v) is 2.27. The first kappa shape index (κ1) is 19.0. The highest BCUT2D eigenvalue weighted by atomic mass is 35.5. The van der Waals surface area contributed by atoms with E-state index in [9.17, 15) is 9.90 Å². The summed E-state index contributed by atoms with van der Waals surface area (Å²) < 4.78 is 5.33. The molecule has 0 saturated carbocycles. The Morgan fingerprint density at radius 1 is 1.24 bits per heavy atom. The summed E-state index contributed by atoms with van der Waals surface area (Å²) in [6, 6.07) is 12.4. The molecule has 0 fully saturated rings. The molecule has 6 heteroatoms. The number of rotatable bonds is 7. The SMILES string of the molecule is COc1ccc(C(=O)NC[C@@H](O)CO)cc1C=Cc1ccc(Cl)cc1. The Labute approximate surface area is 151 Å². The van der Waals surface area contributed by atoms with E-state index in [1.54, 1.807) is 37.4 Å². The number of hydrogen-bond donors (Lipinski definition) is 3. The van der Waals surface area contributed by atoms with Crippen LogP contribution in [0.1, 0.15) is 21.5 Å². The summed E-state index contributed by atoms with van der Waals surface area (Å²) in [6.45, 7) is -0.421. The molecule has 0 aliphatic heterocycles. The number of aliphatic hydroxyl groups is 2. The molecule has 0 heterocycles. The van der Waals surface area contributed by atoms with E-state index in [1.165, 1.54) is 0 Å². The Balaban J connectivity index is 2.18. The number of aliphatic hydroxyl groups excluding tert-OH is 2. The lowest BCUT2D eigenvalue weighted by Crippen LogP contribution is -2.33. The molecule has 2 rings (SSSR count). The van der Waals surface area contributed by atoms with Crippen LogP contribution in [-0.2, 0) is 0 Å². The molecule has 2 aromatic carbocycles. The van der Waals surface area contributed by atoms with Crippen LogP contribution in [0.4, 0.5) is 0 Å². The summed E-state index contributed by atoms with van der Waals surface area (Å²) >= 11 is 5.87. The van der Waals surface area contributed by atoms with Gasteiger partial charge >= 0.3 is 0 Å². The minimum Gasteiger partial charge on any atom is -0.496 e. The molecule has 2 aromatic rings. The molecule has 0 unspecified atom stereocenters. The molecule has 0 aliphatic carbocycles. The Morgan fingerprint density at radius 3 is 2.60 bits per heavy atom. The van der Waals surface area contributed by atoms with Crippen LogP contribution in [-0.4, -0.2) is 42.5 Å². The fourth-order valence-electron chi connectivity index (χ4n) is 2.14. The molecule has 0 bridgehead atoms. The van der Waals surface area contributed by atoms with Crippen LogP contribution >= 0.6 is 11.6 Å². The van der Waals surface area contributed by atoms with Gasteiger partial charge in [-0.25, -0.2) is 0 Å². The molecule has 132 valence electrons. The highest BCUT2D eigenvalue weighted by Crippen LogP contribution is 2.23. The molecular formula is C19H20ClNO4. The first-order chi connectivity index (χ1) is 12.0. The summed E-state index contributed by atoms with van der Waals surface area (Å²) in [4.78, 5) is 12.1. The normalized spacial score (nSPS) is 12.2. The summed E-state index contributed by atoms with van der Waals surface area (Å²) in [7, 11) is 1.56. The highest BCUT2D eigenvalue weighted by molar-refractivity contribution is 6.30. The number of carbonyl (C=O) groups excluding carboxylic acids is 1. The van der Waals surface area contributed by atoms with Crippen molar-refractivity contribution in [3.8, 4) is 5.75 Å². The summed E-state index contributed by atoms with van der Waals surface area (Å²) in [5.74, 6) is 0.299. The van der Waals surface area contributed by atoms with Crippen molar-refractivity contribution in [2.45, 2.75) is 6.10 Å². The lowest BCUT2D eigenvalue weighted by molar-refractivity contribution is 0.0802. The van der Waals surface area contributed by atoms with Crippen molar-refractivity contribution >= 4 is 29.7 Å². The van der Waals surface area contributed by atoms with Gasteiger partial charge in [0, 0.05) is 22.7 Å². The van der Waals surface area contributed by atoms with Crippen LogP contribution < -0.4 is 10.1 Å². The minimum absolute atomic E-state index is 0.0166. The van der Waals surface area contributed by atoms with Crippen molar-refractivity contribution in [1.82, 2.24) is 5.32 Å². The Hall–Kier alpha value is -2.34. The number of ether oxygens (including phenoxy) is 1. The number of halogens is 1. The van der Waals surface area contributed by atoms with Crippen LogP contribution in [0.15, 0.2) is 42.5 Å². The molecule has 0 aliphatic rings. The molecule has 1 amide bonds. The average Bonchev–Trinajstić information content (AvgIpc) is 2.65. The molecule has 0 saturated heterocycles. The lowest BCUT2D eigenvalue weighted by Gasteiger charge is -2.11. The minimum atomic E-state index is -0.980. The standard InChI is InChI=1S/C19H20ClNO4/c1-25-18-9-6-15(19(24)21-11-17(23)12-22)10-14(18)5-2-13-3-7-16(20)8-4-13/h2-10,17,22-23H,11-12H2,1H3,(H,21,24)/t17-/m1/s1. The third kappa shape index (κ3) is 5.60. The van der Waals surface area contributed by atoms with Crippen molar-refractivity contribution in [3.63, 3.8) is 0 Å². The average molecular weight is 362 g/mol. The number of amides is 1. The molecule has 5 nitrogen and oxygen atoms in total. The van der Waals surface area contributed by atoms with Gasteiger partial charge < -0.3 is 20.3 Å². The van der Waals surface area contributed by atoms with E-state index >= 15 is 0 Å². The van der Waals surface area contributed by atoms with Crippen molar-refractivity contribution in [1.29, 1.82) is 0 Å². The summed E-state index contributed by atoms with van der Waals surface area (Å²) in [5, 5.41) is 21.3. The van der Waals surface area contributed by atoms with Gasteiger partial charge in [0.15, 0.2) is 0 Å². The van der Waals surface area contributed by atoms with E-state index in [-0.39, 0.29) is 12.5 Å². The highest BCUT2D eigenvalue weighted by Gasteiger charge is 2.10. The van der Waals surface area contributed by atoms with Gasteiger partial charge in [0.1, 0.15) is 5.75 Å². The second kappa shape index (κ2) is 9.22. The molecule has 0 spiro atoms. The number of benzene rings is 2. The van der Waals surface area contributed by atoms with E-state index in [2.05, 4.69) is 5.32 Å². The molecule has 3 N–H and O–H groups in total. The Bertz CT molecular complexity index is 744. The van der Waals surface area contributed by atoms with E-state index in [0.717, 1.165) is 11.1 Å². The monoisotopic (exact) mass is 361 g/mol. The maximum absolute atomic E-state index is 12.1. The largest absolute Gasteiger partial charge is 0.496 e. The van der Waals surface area contributed by atoms with Gasteiger partial charge in [-0.15, -0.1) is 0 Å². The Morgan fingerprint density at radius 2 is 1.96 bits per heavy atom. The van der Waals surface area contributed by atoms with Crippen LogP contribution in [0.25, 0.3) is 12.2 Å². The van der Waals surface area contributed by atoms with E-state index in [1.807, 2.05) is 24.3 Å². The smallest absolute Gasteiger partial charge is 0.251 e. The number of nitrogens with one attached hydrogen (secondary N) is 1. The molecule has 1 atom stereocenters. The topological polar surface area (TPSA) is 78.8 Å². The zero-order valence-corrected chi connectivity index (χ0v) is 14.5. The van der Waals surface area contributed by atoms with E-state index in [4.69, 9.17) is 21.4 Å². The Kier molecular flexibility index (Phi) is 7.01. The second-order valence-electron chi connectivity index (χ2n) is 5.39. The van der Waals surface area contributed by atoms with Gasteiger partial charge in [0.05, 0.1) is 19.8 Å². The van der Waals surface area contributed by atoms with Crippen molar-refractivity contribution in [3.05, 3.63) is 64.2 Å². The van der Waals surface area contributed by atoms with Crippen LogP contribution in [0.2, 0.25) is 5.02 Å². The van der Waals surface area contributed by atoms with Gasteiger partial charge in [-0.05, 0) is 35.9 Å². The number of hydrogen-bond acceptors (Lipinski definition) is 4. The van der Waals surface area contributed by atoms with Crippen LogP contribution in [0, 0.1) is 0 Å². The lowest BCUT2D eigenvalue weighted by atomic mass is 10.1. The predicted octanol–water partition coefficient (Wildman–Crippen LogP) is 2.60. The summed E-state index contributed by atoms with van der Waals surface area (Å²) in [6.07, 6.45) is 2.76. The maximum Gasteiger partial charge on any atom is 0.251 e. The summed E-state index contributed by atoms with van der Waals surface area (Å²) in [5.41, 5.74) is 2.14.